The molecule has 1 atom stereocenters. The third-order valence-electron chi connectivity index (χ3n) is 2.53. The Morgan fingerprint density at radius 2 is 1.88 bits per heavy atom. The van der Waals surface area contributed by atoms with Gasteiger partial charge in [0.15, 0.2) is 0 Å². The van der Waals surface area contributed by atoms with Gasteiger partial charge in [0.2, 0.25) is 5.91 Å². The van der Waals surface area contributed by atoms with Crippen LogP contribution in [-0.2, 0) is 4.79 Å². The molecule has 0 aromatic heterocycles. The third-order valence-corrected chi connectivity index (χ3v) is 2.53. The molecule has 3 heteroatoms. The molecule has 0 bridgehead atoms. The normalized spacial score (nSPS) is 12.6. The van der Waals surface area contributed by atoms with E-state index < -0.39 is 0 Å². The summed E-state index contributed by atoms with van der Waals surface area (Å²) in [5.41, 5.74) is 0.943. The molecule has 88 valence electrons. The van der Waals surface area contributed by atoms with E-state index >= 15 is 0 Å². The van der Waals surface area contributed by atoms with Crippen LogP contribution in [0.2, 0.25) is 0 Å². The van der Waals surface area contributed by atoms with Crippen molar-refractivity contribution in [1.82, 2.24) is 5.32 Å². The molecular formula is C13H18FNO. The Morgan fingerprint density at radius 3 is 2.31 bits per heavy atom. The summed E-state index contributed by atoms with van der Waals surface area (Å²) in [6, 6.07) is 6.23. The van der Waals surface area contributed by atoms with Crippen molar-refractivity contribution in [2.45, 2.75) is 33.2 Å². The van der Waals surface area contributed by atoms with Crippen molar-refractivity contribution < 1.29 is 9.18 Å². The lowest BCUT2D eigenvalue weighted by Crippen LogP contribution is -2.31. The number of halogens is 1. The number of benzene rings is 1. The Hall–Kier alpha value is -1.38. The Morgan fingerprint density at radius 1 is 1.31 bits per heavy atom. The molecule has 2 nitrogen and oxygen atoms in total. The van der Waals surface area contributed by atoms with Gasteiger partial charge < -0.3 is 5.32 Å². The third kappa shape index (κ3) is 3.33. The highest BCUT2D eigenvalue weighted by Gasteiger charge is 2.17. The number of carbonyl (C=O) groups is 1. The summed E-state index contributed by atoms with van der Waals surface area (Å²) >= 11 is 0. The van der Waals surface area contributed by atoms with Crippen LogP contribution in [0.25, 0.3) is 0 Å². The number of carbonyl (C=O) groups excluding carboxylic acids is 1. The predicted molar refractivity (Wildman–Crippen MR) is 62.4 cm³/mol. The second kappa shape index (κ2) is 5.64. The standard InChI is InChI=1S/C13H18FNO/c1-4-12(16)15-13(9(2)3)10-5-7-11(14)8-6-10/h5-9,13H,4H2,1-3H3,(H,15,16). The summed E-state index contributed by atoms with van der Waals surface area (Å²) < 4.78 is 12.8. The first-order valence-corrected chi connectivity index (χ1v) is 5.59. The quantitative estimate of drug-likeness (QED) is 0.835. The van der Waals surface area contributed by atoms with Gasteiger partial charge in [-0.3, -0.25) is 4.79 Å². The zero-order valence-electron chi connectivity index (χ0n) is 9.96. The zero-order chi connectivity index (χ0) is 12.1. The number of amides is 1. The van der Waals surface area contributed by atoms with Gasteiger partial charge in [-0.25, -0.2) is 4.39 Å². The van der Waals surface area contributed by atoms with E-state index in [4.69, 9.17) is 0 Å². The van der Waals surface area contributed by atoms with Crippen LogP contribution in [0.15, 0.2) is 24.3 Å². The van der Waals surface area contributed by atoms with Crippen LogP contribution in [0.1, 0.15) is 38.8 Å². The molecule has 1 unspecified atom stereocenters. The molecule has 0 heterocycles. The maximum atomic E-state index is 12.8. The van der Waals surface area contributed by atoms with Gasteiger partial charge in [0.05, 0.1) is 6.04 Å². The van der Waals surface area contributed by atoms with Gasteiger partial charge in [-0.1, -0.05) is 32.9 Å². The number of hydrogen-bond donors (Lipinski definition) is 1. The highest BCUT2D eigenvalue weighted by atomic mass is 19.1. The molecule has 16 heavy (non-hydrogen) atoms. The van der Waals surface area contributed by atoms with E-state index in [9.17, 15) is 9.18 Å². The molecule has 0 fully saturated rings. The molecule has 0 aliphatic carbocycles. The number of nitrogens with one attached hydrogen (secondary N) is 1. The molecule has 1 amide bonds. The first kappa shape index (κ1) is 12.7. The van der Waals surface area contributed by atoms with Crippen LogP contribution in [-0.4, -0.2) is 5.91 Å². The van der Waals surface area contributed by atoms with E-state index in [1.165, 1.54) is 12.1 Å². The van der Waals surface area contributed by atoms with Gasteiger partial charge in [-0.05, 0) is 23.6 Å². The van der Waals surface area contributed by atoms with Crippen molar-refractivity contribution in [2.75, 3.05) is 0 Å². The van der Waals surface area contributed by atoms with Gasteiger partial charge in [0, 0.05) is 6.42 Å². The lowest BCUT2D eigenvalue weighted by Gasteiger charge is -2.22. The van der Waals surface area contributed by atoms with Crippen LogP contribution < -0.4 is 5.32 Å². The minimum atomic E-state index is -0.256. The van der Waals surface area contributed by atoms with E-state index in [1.807, 2.05) is 20.8 Å². The Labute approximate surface area is 95.9 Å². The fourth-order valence-corrected chi connectivity index (χ4v) is 1.58. The van der Waals surface area contributed by atoms with Crippen molar-refractivity contribution in [2.24, 2.45) is 5.92 Å². The van der Waals surface area contributed by atoms with Gasteiger partial charge in [0.1, 0.15) is 5.82 Å². The topological polar surface area (TPSA) is 29.1 Å². The fourth-order valence-electron chi connectivity index (χ4n) is 1.58. The average molecular weight is 223 g/mol. The molecule has 1 N–H and O–H groups in total. The second-order valence-electron chi connectivity index (χ2n) is 4.19. The van der Waals surface area contributed by atoms with Gasteiger partial charge in [0.25, 0.3) is 0 Å². The summed E-state index contributed by atoms with van der Waals surface area (Å²) in [6.07, 6.45) is 0.463. The summed E-state index contributed by atoms with van der Waals surface area (Å²) in [7, 11) is 0. The number of rotatable bonds is 4. The zero-order valence-corrected chi connectivity index (χ0v) is 9.96. The molecular weight excluding hydrogens is 205 g/mol. The maximum absolute atomic E-state index is 12.8. The van der Waals surface area contributed by atoms with Crippen LogP contribution in [0.3, 0.4) is 0 Å². The summed E-state index contributed by atoms with van der Waals surface area (Å²) in [6.45, 7) is 5.88. The second-order valence-corrected chi connectivity index (χ2v) is 4.19. The Balaban J connectivity index is 2.85. The van der Waals surface area contributed by atoms with Crippen molar-refractivity contribution in [1.29, 1.82) is 0 Å². The Bertz CT molecular complexity index is 345. The molecule has 1 rings (SSSR count). The van der Waals surface area contributed by atoms with Crippen LogP contribution in [0, 0.1) is 11.7 Å². The average Bonchev–Trinajstić information content (AvgIpc) is 2.26. The molecule has 1 aromatic rings. The van der Waals surface area contributed by atoms with Gasteiger partial charge in [-0.15, -0.1) is 0 Å². The van der Waals surface area contributed by atoms with Crippen molar-refractivity contribution in [3.8, 4) is 0 Å². The molecule has 1 aromatic carbocycles. The maximum Gasteiger partial charge on any atom is 0.220 e. The molecule has 0 aliphatic heterocycles. The predicted octanol–water partition coefficient (Wildman–Crippen LogP) is 3.05. The van der Waals surface area contributed by atoms with Gasteiger partial charge >= 0.3 is 0 Å². The van der Waals surface area contributed by atoms with E-state index in [0.717, 1.165) is 5.56 Å². The van der Waals surface area contributed by atoms with Crippen LogP contribution >= 0.6 is 0 Å². The SMILES string of the molecule is CCC(=O)NC(c1ccc(F)cc1)C(C)C. The van der Waals surface area contributed by atoms with E-state index in [2.05, 4.69) is 5.32 Å². The lowest BCUT2D eigenvalue weighted by molar-refractivity contribution is -0.121. The molecule has 0 aliphatic rings. The summed E-state index contributed by atoms with van der Waals surface area (Å²) in [4.78, 5) is 11.4. The minimum Gasteiger partial charge on any atom is -0.349 e. The van der Waals surface area contributed by atoms with Crippen molar-refractivity contribution >= 4 is 5.91 Å². The Kier molecular flexibility index (Phi) is 4.47. The van der Waals surface area contributed by atoms with Crippen molar-refractivity contribution in [3.63, 3.8) is 0 Å². The summed E-state index contributed by atoms with van der Waals surface area (Å²) in [5.74, 6) is 0.0389. The lowest BCUT2D eigenvalue weighted by atomic mass is 9.96. The monoisotopic (exact) mass is 223 g/mol. The smallest absolute Gasteiger partial charge is 0.220 e. The summed E-state index contributed by atoms with van der Waals surface area (Å²) in [5, 5.41) is 2.94. The largest absolute Gasteiger partial charge is 0.349 e. The van der Waals surface area contributed by atoms with Gasteiger partial charge in [-0.2, -0.15) is 0 Å². The fraction of sp³-hybridized carbons (Fsp3) is 0.462. The van der Waals surface area contributed by atoms with E-state index in [0.29, 0.717) is 6.42 Å². The highest BCUT2D eigenvalue weighted by Crippen LogP contribution is 2.21. The molecule has 0 saturated carbocycles. The number of hydrogen-bond acceptors (Lipinski definition) is 1. The van der Waals surface area contributed by atoms with E-state index in [-0.39, 0.29) is 23.7 Å². The van der Waals surface area contributed by atoms with Crippen molar-refractivity contribution in [3.05, 3.63) is 35.6 Å². The highest BCUT2D eigenvalue weighted by molar-refractivity contribution is 5.76. The van der Waals surface area contributed by atoms with E-state index in [1.54, 1.807) is 12.1 Å². The minimum absolute atomic E-state index is 0.0167. The van der Waals surface area contributed by atoms with Crippen LogP contribution in [0.5, 0.6) is 0 Å². The molecule has 0 spiro atoms. The molecule has 0 radical (unpaired) electrons. The first-order chi connectivity index (χ1) is 7.54. The molecule has 0 saturated heterocycles. The first-order valence-electron chi connectivity index (χ1n) is 5.59. The van der Waals surface area contributed by atoms with Crippen LogP contribution in [0.4, 0.5) is 4.39 Å².